The molecule has 1 aliphatic carbocycles. The molecule has 1 amide bonds. The molecule has 0 spiro atoms. The van der Waals surface area contributed by atoms with Gasteiger partial charge in [0.15, 0.2) is 0 Å². The van der Waals surface area contributed by atoms with Crippen LogP contribution < -0.4 is 0 Å². The minimum atomic E-state index is -0.389. The molecule has 0 aromatic carbocycles. The number of carbonyl (C=O) groups excluding carboxylic acids is 1. The maximum Gasteiger partial charge on any atom is 0.320 e. The van der Waals surface area contributed by atoms with Gasteiger partial charge in [-0.1, -0.05) is 25.8 Å². The van der Waals surface area contributed by atoms with Gasteiger partial charge in [0.2, 0.25) is 0 Å². The van der Waals surface area contributed by atoms with Crippen LogP contribution in [0, 0.1) is 0 Å². The van der Waals surface area contributed by atoms with Crippen LogP contribution in [0.1, 0.15) is 39.0 Å². The molecule has 0 aliphatic heterocycles. The fraction of sp³-hybridized carbons (Fsp3) is 0.700. The Hall–Kier alpha value is -0.500. The van der Waals surface area contributed by atoms with E-state index in [1.165, 1.54) is 19.3 Å². The lowest BCUT2D eigenvalue weighted by Gasteiger charge is -2.32. The van der Waals surface area contributed by atoms with Crippen molar-refractivity contribution in [1.29, 1.82) is 0 Å². The lowest BCUT2D eigenvalue weighted by atomic mass is 9.94. The SMILES string of the molecule is C=C(C)N(C(=O)Cl)C1CCCCC1. The number of nitrogens with zero attached hydrogens (tertiary/aromatic N) is 1. The molecule has 0 bridgehead atoms. The third kappa shape index (κ3) is 2.73. The van der Waals surface area contributed by atoms with Crippen molar-refractivity contribution < 1.29 is 4.79 Å². The highest BCUT2D eigenvalue weighted by Gasteiger charge is 2.24. The third-order valence-corrected chi connectivity index (χ3v) is 2.72. The van der Waals surface area contributed by atoms with Crippen LogP contribution in [0.4, 0.5) is 4.79 Å². The lowest BCUT2D eigenvalue weighted by Crippen LogP contribution is -2.36. The van der Waals surface area contributed by atoms with E-state index in [-0.39, 0.29) is 11.4 Å². The number of rotatable bonds is 2. The van der Waals surface area contributed by atoms with Crippen molar-refractivity contribution in [3.05, 3.63) is 12.3 Å². The molecule has 13 heavy (non-hydrogen) atoms. The number of halogens is 1. The zero-order valence-electron chi connectivity index (χ0n) is 8.05. The maximum absolute atomic E-state index is 11.1. The van der Waals surface area contributed by atoms with E-state index in [1.54, 1.807) is 4.90 Å². The molecule has 2 nitrogen and oxygen atoms in total. The first-order valence-corrected chi connectivity index (χ1v) is 5.15. The minimum absolute atomic E-state index is 0.288. The summed E-state index contributed by atoms with van der Waals surface area (Å²) in [6.45, 7) is 5.60. The Kier molecular flexibility index (Phi) is 3.79. The van der Waals surface area contributed by atoms with Gasteiger partial charge in [0.1, 0.15) is 0 Å². The molecule has 0 aromatic rings. The van der Waals surface area contributed by atoms with Gasteiger partial charge in [-0.2, -0.15) is 0 Å². The van der Waals surface area contributed by atoms with Gasteiger partial charge in [-0.15, -0.1) is 0 Å². The Bertz CT molecular complexity index is 195. The van der Waals surface area contributed by atoms with E-state index in [2.05, 4.69) is 6.58 Å². The molecule has 0 radical (unpaired) electrons. The van der Waals surface area contributed by atoms with Crippen LogP contribution in [0.2, 0.25) is 0 Å². The van der Waals surface area contributed by atoms with Crippen molar-refractivity contribution in [3.63, 3.8) is 0 Å². The smallest absolute Gasteiger partial charge is 0.301 e. The molecule has 1 aliphatic rings. The van der Waals surface area contributed by atoms with E-state index in [0.717, 1.165) is 18.5 Å². The van der Waals surface area contributed by atoms with Gasteiger partial charge in [0.25, 0.3) is 0 Å². The molecule has 0 saturated heterocycles. The predicted octanol–water partition coefficient (Wildman–Crippen LogP) is 3.51. The highest BCUT2D eigenvalue weighted by atomic mass is 35.5. The monoisotopic (exact) mass is 201 g/mol. The van der Waals surface area contributed by atoms with Crippen LogP contribution in [-0.2, 0) is 0 Å². The summed E-state index contributed by atoms with van der Waals surface area (Å²) in [4.78, 5) is 12.7. The van der Waals surface area contributed by atoms with E-state index in [0.29, 0.717) is 0 Å². The zero-order chi connectivity index (χ0) is 9.84. The number of allylic oxidation sites excluding steroid dienone is 1. The normalized spacial score (nSPS) is 18.3. The molecule has 74 valence electrons. The van der Waals surface area contributed by atoms with Crippen molar-refractivity contribution >= 4 is 17.0 Å². The Morgan fingerprint density at radius 1 is 1.38 bits per heavy atom. The molecular weight excluding hydrogens is 186 g/mol. The van der Waals surface area contributed by atoms with Gasteiger partial charge in [-0.3, -0.25) is 4.79 Å². The van der Waals surface area contributed by atoms with Crippen LogP contribution in [0.15, 0.2) is 12.3 Å². The first-order chi connectivity index (χ1) is 6.13. The standard InChI is InChI=1S/C10H16ClNO/c1-8(2)12(10(11)13)9-6-4-3-5-7-9/h9H,1,3-7H2,2H3. The largest absolute Gasteiger partial charge is 0.320 e. The quantitative estimate of drug-likeness (QED) is 0.495. The summed E-state index contributed by atoms with van der Waals surface area (Å²) in [6.07, 6.45) is 5.78. The summed E-state index contributed by atoms with van der Waals surface area (Å²) in [6, 6.07) is 0.288. The van der Waals surface area contributed by atoms with Crippen molar-refractivity contribution in [1.82, 2.24) is 4.90 Å². The van der Waals surface area contributed by atoms with Crippen LogP contribution in [-0.4, -0.2) is 16.3 Å². The second-order valence-electron chi connectivity index (χ2n) is 3.65. The summed E-state index contributed by atoms with van der Waals surface area (Å²) < 4.78 is 0. The van der Waals surface area contributed by atoms with Crippen LogP contribution in [0.3, 0.4) is 0 Å². The topological polar surface area (TPSA) is 20.3 Å². The van der Waals surface area contributed by atoms with E-state index in [9.17, 15) is 4.79 Å². The molecule has 0 N–H and O–H groups in total. The first-order valence-electron chi connectivity index (χ1n) is 4.77. The van der Waals surface area contributed by atoms with Crippen molar-refractivity contribution in [3.8, 4) is 0 Å². The van der Waals surface area contributed by atoms with Crippen LogP contribution in [0.25, 0.3) is 0 Å². The Labute approximate surface area is 84.6 Å². The highest BCUT2D eigenvalue weighted by Crippen LogP contribution is 2.25. The number of carbonyl (C=O) groups is 1. The summed E-state index contributed by atoms with van der Waals surface area (Å²) in [5.74, 6) is 0. The average Bonchev–Trinajstić information content (AvgIpc) is 2.04. The molecule has 1 rings (SSSR count). The lowest BCUT2D eigenvalue weighted by molar-refractivity contribution is 0.200. The second-order valence-corrected chi connectivity index (χ2v) is 3.97. The highest BCUT2D eigenvalue weighted by molar-refractivity contribution is 6.63. The van der Waals surface area contributed by atoms with Crippen molar-refractivity contribution in [2.24, 2.45) is 0 Å². The molecular formula is C10H16ClNO. The summed E-state index contributed by atoms with van der Waals surface area (Å²) in [5.41, 5.74) is 0.756. The summed E-state index contributed by atoms with van der Waals surface area (Å²) in [7, 11) is 0. The Morgan fingerprint density at radius 2 is 1.92 bits per heavy atom. The first kappa shape index (κ1) is 10.6. The fourth-order valence-corrected chi connectivity index (χ4v) is 2.23. The molecule has 1 saturated carbocycles. The Balaban J connectivity index is 2.62. The zero-order valence-corrected chi connectivity index (χ0v) is 8.81. The third-order valence-electron chi connectivity index (χ3n) is 2.54. The molecule has 0 aromatic heterocycles. The minimum Gasteiger partial charge on any atom is -0.301 e. The molecule has 0 unspecified atom stereocenters. The molecule has 0 heterocycles. The average molecular weight is 202 g/mol. The summed E-state index contributed by atoms with van der Waals surface area (Å²) in [5, 5.41) is -0.389. The number of amides is 1. The van der Waals surface area contributed by atoms with E-state index < -0.39 is 0 Å². The van der Waals surface area contributed by atoms with Crippen molar-refractivity contribution in [2.45, 2.75) is 45.1 Å². The van der Waals surface area contributed by atoms with Crippen LogP contribution >= 0.6 is 11.6 Å². The van der Waals surface area contributed by atoms with Gasteiger partial charge in [0, 0.05) is 11.7 Å². The maximum atomic E-state index is 11.1. The fourth-order valence-electron chi connectivity index (χ4n) is 1.94. The van der Waals surface area contributed by atoms with E-state index >= 15 is 0 Å². The predicted molar refractivity (Wildman–Crippen MR) is 54.8 cm³/mol. The van der Waals surface area contributed by atoms with Crippen molar-refractivity contribution in [2.75, 3.05) is 0 Å². The van der Waals surface area contributed by atoms with Gasteiger partial charge in [-0.05, 0) is 31.4 Å². The molecule has 0 atom stereocenters. The van der Waals surface area contributed by atoms with Gasteiger partial charge >= 0.3 is 5.37 Å². The van der Waals surface area contributed by atoms with E-state index in [1.807, 2.05) is 6.92 Å². The molecule has 1 fully saturated rings. The van der Waals surface area contributed by atoms with Gasteiger partial charge in [-0.25, -0.2) is 0 Å². The summed E-state index contributed by atoms with van der Waals surface area (Å²) >= 11 is 5.50. The number of hydrogen-bond acceptors (Lipinski definition) is 1. The Morgan fingerprint density at radius 3 is 2.31 bits per heavy atom. The van der Waals surface area contributed by atoms with E-state index in [4.69, 9.17) is 11.6 Å². The van der Waals surface area contributed by atoms with Crippen LogP contribution in [0.5, 0.6) is 0 Å². The molecule has 3 heteroatoms. The van der Waals surface area contributed by atoms with Gasteiger partial charge in [0.05, 0.1) is 0 Å². The van der Waals surface area contributed by atoms with Gasteiger partial charge < -0.3 is 4.90 Å². The second kappa shape index (κ2) is 4.66. The number of hydrogen-bond donors (Lipinski definition) is 0.